The van der Waals surface area contributed by atoms with Gasteiger partial charge in [0.1, 0.15) is 5.75 Å². The maximum atomic E-state index is 12.2. The number of likely N-dealkylation sites (N-methyl/N-ethyl adjacent to an activating group) is 1. The topological polar surface area (TPSA) is 127 Å². The SMILES string of the molecule is CCN1CCN(C(=O)N[C@@H](C(=O)O)c2ccc(O)cc2)C(=O)C1=O. The molecule has 4 amide bonds. The number of piperazine rings is 1. The highest BCUT2D eigenvalue weighted by Crippen LogP contribution is 2.18. The Kier molecular flexibility index (Phi) is 5.02. The minimum atomic E-state index is -1.41. The number of amides is 4. The van der Waals surface area contributed by atoms with Gasteiger partial charge in [-0.2, -0.15) is 0 Å². The van der Waals surface area contributed by atoms with Gasteiger partial charge in [0.2, 0.25) is 0 Å². The van der Waals surface area contributed by atoms with Gasteiger partial charge in [-0.1, -0.05) is 12.1 Å². The zero-order chi connectivity index (χ0) is 17.9. The number of carboxylic acids is 1. The second-order valence-electron chi connectivity index (χ2n) is 5.15. The molecule has 0 radical (unpaired) electrons. The molecule has 1 aliphatic rings. The fraction of sp³-hybridized carbons (Fsp3) is 0.333. The summed E-state index contributed by atoms with van der Waals surface area (Å²) in [5.74, 6) is -3.17. The maximum Gasteiger partial charge on any atom is 0.330 e. The number of imide groups is 1. The standard InChI is InChI=1S/C15H17N3O6/c1-2-17-7-8-18(13(21)12(17)20)15(24)16-11(14(22)23)9-3-5-10(19)6-4-9/h3-6,11,19H,2,7-8H2,1H3,(H,16,24)(H,22,23)/t11-/m1/s1. The summed E-state index contributed by atoms with van der Waals surface area (Å²) in [6, 6.07) is 2.89. The summed E-state index contributed by atoms with van der Waals surface area (Å²) < 4.78 is 0. The van der Waals surface area contributed by atoms with E-state index >= 15 is 0 Å². The minimum Gasteiger partial charge on any atom is -0.508 e. The lowest BCUT2D eigenvalue weighted by Crippen LogP contribution is -2.58. The van der Waals surface area contributed by atoms with E-state index in [4.69, 9.17) is 0 Å². The quantitative estimate of drug-likeness (QED) is 0.660. The number of carbonyl (C=O) groups is 4. The monoisotopic (exact) mass is 335 g/mol. The van der Waals surface area contributed by atoms with Crippen LogP contribution in [0.15, 0.2) is 24.3 Å². The van der Waals surface area contributed by atoms with E-state index in [1.807, 2.05) is 0 Å². The number of rotatable bonds is 4. The van der Waals surface area contributed by atoms with E-state index in [1.54, 1.807) is 6.92 Å². The van der Waals surface area contributed by atoms with Crippen molar-refractivity contribution in [1.82, 2.24) is 15.1 Å². The molecular weight excluding hydrogens is 318 g/mol. The maximum absolute atomic E-state index is 12.2. The van der Waals surface area contributed by atoms with Crippen molar-refractivity contribution in [2.24, 2.45) is 0 Å². The largest absolute Gasteiger partial charge is 0.508 e. The van der Waals surface area contributed by atoms with Crippen molar-refractivity contribution < 1.29 is 29.4 Å². The third-order valence-corrected chi connectivity index (χ3v) is 3.68. The molecule has 1 aromatic rings. The van der Waals surface area contributed by atoms with Gasteiger partial charge in [-0.25, -0.2) is 9.59 Å². The van der Waals surface area contributed by atoms with Gasteiger partial charge in [-0.05, 0) is 24.6 Å². The summed E-state index contributed by atoms with van der Waals surface area (Å²) in [5.41, 5.74) is 0.222. The van der Waals surface area contributed by atoms with Crippen LogP contribution in [0.1, 0.15) is 18.5 Å². The molecule has 2 rings (SSSR count). The molecule has 9 heteroatoms. The summed E-state index contributed by atoms with van der Waals surface area (Å²) in [7, 11) is 0. The molecule has 0 spiro atoms. The van der Waals surface area contributed by atoms with Crippen LogP contribution < -0.4 is 5.32 Å². The van der Waals surface area contributed by atoms with Gasteiger partial charge in [0.05, 0.1) is 0 Å². The Hall–Kier alpha value is -3.10. The Morgan fingerprint density at radius 1 is 1.17 bits per heavy atom. The van der Waals surface area contributed by atoms with E-state index in [0.29, 0.717) is 11.4 Å². The van der Waals surface area contributed by atoms with Gasteiger partial charge in [0, 0.05) is 19.6 Å². The van der Waals surface area contributed by atoms with Crippen molar-refractivity contribution in [2.75, 3.05) is 19.6 Å². The second-order valence-corrected chi connectivity index (χ2v) is 5.15. The first kappa shape index (κ1) is 17.3. The van der Waals surface area contributed by atoms with Gasteiger partial charge < -0.3 is 20.4 Å². The van der Waals surface area contributed by atoms with Crippen LogP contribution in [0, 0.1) is 0 Å². The van der Waals surface area contributed by atoms with Gasteiger partial charge in [0.25, 0.3) is 0 Å². The van der Waals surface area contributed by atoms with Gasteiger partial charge >= 0.3 is 23.8 Å². The lowest BCUT2D eigenvalue weighted by molar-refractivity contribution is -0.153. The van der Waals surface area contributed by atoms with Gasteiger partial charge in [-0.15, -0.1) is 0 Å². The smallest absolute Gasteiger partial charge is 0.330 e. The number of phenols is 1. The fourth-order valence-electron chi connectivity index (χ4n) is 2.33. The molecule has 0 saturated carbocycles. The average Bonchev–Trinajstić information content (AvgIpc) is 2.55. The van der Waals surface area contributed by atoms with Crippen molar-refractivity contribution in [3.8, 4) is 5.75 Å². The zero-order valence-corrected chi connectivity index (χ0v) is 12.9. The molecule has 0 bridgehead atoms. The number of hydrogen-bond donors (Lipinski definition) is 3. The van der Waals surface area contributed by atoms with Crippen molar-refractivity contribution in [3.05, 3.63) is 29.8 Å². The highest BCUT2D eigenvalue weighted by molar-refractivity contribution is 6.38. The molecule has 3 N–H and O–H groups in total. The minimum absolute atomic E-state index is 0.00777. The van der Waals surface area contributed by atoms with Crippen molar-refractivity contribution in [2.45, 2.75) is 13.0 Å². The molecule has 0 aliphatic carbocycles. The van der Waals surface area contributed by atoms with E-state index in [-0.39, 0.29) is 24.4 Å². The van der Waals surface area contributed by atoms with E-state index in [0.717, 1.165) is 0 Å². The first-order chi connectivity index (χ1) is 11.3. The molecule has 9 nitrogen and oxygen atoms in total. The number of benzene rings is 1. The zero-order valence-electron chi connectivity index (χ0n) is 12.9. The first-order valence-corrected chi connectivity index (χ1v) is 7.28. The van der Waals surface area contributed by atoms with Crippen LogP contribution in [-0.2, 0) is 14.4 Å². The van der Waals surface area contributed by atoms with Crippen LogP contribution in [-0.4, -0.2) is 63.5 Å². The number of phenolic OH excluding ortho intramolecular Hbond substituents is 1. The van der Waals surface area contributed by atoms with Crippen molar-refractivity contribution in [3.63, 3.8) is 0 Å². The Bertz CT molecular complexity index is 672. The Morgan fingerprint density at radius 3 is 2.33 bits per heavy atom. The molecule has 1 atom stereocenters. The molecule has 128 valence electrons. The number of carboxylic acid groups (broad SMARTS) is 1. The lowest BCUT2D eigenvalue weighted by Gasteiger charge is -2.32. The molecule has 0 unspecified atom stereocenters. The molecule has 0 aromatic heterocycles. The Balaban J connectivity index is 2.14. The number of carbonyl (C=O) groups excluding carboxylic acids is 3. The molecule has 24 heavy (non-hydrogen) atoms. The summed E-state index contributed by atoms with van der Waals surface area (Å²) in [6.45, 7) is 2.26. The normalized spacial score (nSPS) is 16.0. The van der Waals surface area contributed by atoms with E-state index < -0.39 is 29.9 Å². The highest BCUT2D eigenvalue weighted by atomic mass is 16.4. The molecule has 1 saturated heterocycles. The van der Waals surface area contributed by atoms with Crippen LogP contribution in [0.4, 0.5) is 4.79 Å². The molecular formula is C15H17N3O6. The summed E-state index contributed by atoms with van der Waals surface area (Å²) >= 11 is 0. The summed E-state index contributed by atoms with van der Waals surface area (Å²) in [5, 5.41) is 20.8. The number of aromatic hydroxyl groups is 1. The Labute approximate surface area is 137 Å². The highest BCUT2D eigenvalue weighted by Gasteiger charge is 2.36. The van der Waals surface area contributed by atoms with E-state index in [9.17, 15) is 29.4 Å². The van der Waals surface area contributed by atoms with Crippen LogP contribution >= 0.6 is 0 Å². The second kappa shape index (κ2) is 6.99. The van der Waals surface area contributed by atoms with Gasteiger partial charge in [-0.3, -0.25) is 14.5 Å². The Morgan fingerprint density at radius 2 is 1.79 bits per heavy atom. The van der Waals surface area contributed by atoms with Crippen LogP contribution in [0.2, 0.25) is 0 Å². The third kappa shape index (κ3) is 3.45. The predicted octanol–water partition coefficient (Wildman–Crippen LogP) is -0.0818. The average molecular weight is 335 g/mol. The van der Waals surface area contributed by atoms with Crippen molar-refractivity contribution in [1.29, 1.82) is 0 Å². The lowest BCUT2D eigenvalue weighted by atomic mass is 10.1. The van der Waals surface area contributed by atoms with E-state index in [2.05, 4.69) is 5.32 Å². The van der Waals surface area contributed by atoms with Crippen LogP contribution in [0.5, 0.6) is 5.75 Å². The molecule has 1 aliphatic heterocycles. The number of nitrogens with one attached hydrogen (secondary N) is 1. The summed E-state index contributed by atoms with van der Waals surface area (Å²) in [6.07, 6.45) is 0. The number of aliphatic carboxylic acids is 1. The third-order valence-electron chi connectivity index (χ3n) is 3.68. The predicted molar refractivity (Wildman–Crippen MR) is 81.0 cm³/mol. The van der Waals surface area contributed by atoms with Crippen LogP contribution in [0.3, 0.4) is 0 Å². The van der Waals surface area contributed by atoms with Crippen LogP contribution in [0.25, 0.3) is 0 Å². The molecule has 1 fully saturated rings. The molecule has 1 heterocycles. The summed E-state index contributed by atoms with van der Waals surface area (Å²) in [4.78, 5) is 49.4. The van der Waals surface area contributed by atoms with E-state index in [1.165, 1.54) is 29.2 Å². The van der Waals surface area contributed by atoms with Crippen molar-refractivity contribution >= 4 is 23.8 Å². The fourth-order valence-corrected chi connectivity index (χ4v) is 2.33. The number of hydrogen-bond acceptors (Lipinski definition) is 5. The molecule has 1 aromatic carbocycles. The number of urea groups is 1. The number of nitrogens with zero attached hydrogens (tertiary/aromatic N) is 2. The van der Waals surface area contributed by atoms with Gasteiger partial charge in [0.15, 0.2) is 6.04 Å². The first-order valence-electron chi connectivity index (χ1n) is 7.28.